The van der Waals surface area contributed by atoms with Crippen LogP contribution < -0.4 is 0 Å². The first kappa shape index (κ1) is 10.6. The molecule has 1 aliphatic rings. The first-order valence-electron chi connectivity index (χ1n) is 4.78. The first-order valence-corrected chi connectivity index (χ1v) is 5.66. The molecule has 2 atom stereocenters. The Hall–Kier alpha value is -0.940. The molecule has 4 nitrogen and oxygen atoms in total. The van der Waals surface area contributed by atoms with Crippen LogP contribution in [0.15, 0.2) is 21.6 Å². The normalized spacial score (nSPS) is 25.7. The van der Waals surface area contributed by atoms with E-state index in [1.54, 1.807) is 17.8 Å². The van der Waals surface area contributed by atoms with Crippen LogP contribution in [0.25, 0.3) is 0 Å². The maximum absolute atomic E-state index is 10.6. The minimum atomic E-state index is -1.03. The van der Waals surface area contributed by atoms with Gasteiger partial charge in [0.25, 0.3) is 0 Å². The van der Waals surface area contributed by atoms with Gasteiger partial charge in [-0.1, -0.05) is 11.8 Å². The van der Waals surface area contributed by atoms with Crippen LogP contribution in [-0.2, 0) is 4.74 Å². The summed E-state index contributed by atoms with van der Waals surface area (Å²) in [7, 11) is 0. The Kier molecular flexibility index (Phi) is 3.02. The molecule has 0 radical (unpaired) electrons. The Bertz CT molecular complexity index is 360. The van der Waals surface area contributed by atoms with Crippen molar-refractivity contribution in [2.24, 2.45) is 0 Å². The minimum Gasteiger partial charge on any atom is -0.475 e. The van der Waals surface area contributed by atoms with Crippen LogP contribution >= 0.6 is 11.8 Å². The standard InChI is InChI=1S/C10H12O4S/c1-6-8(4-5-13-6)15-9-3-2-7(14-9)10(11)12/h2-3,6,8H,4-5H2,1H3,(H,11,12). The molecule has 2 unspecified atom stereocenters. The van der Waals surface area contributed by atoms with Crippen molar-refractivity contribution < 1.29 is 19.1 Å². The summed E-state index contributed by atoms with van der Waals surface area (Å²) in [6, 6.07) is 3.17. The van der Waals surface area contributed by atoms with Crippen LogP contribution in [0.4, 0.5) is 0 Å². The molecule has 1 N–H and O–H groups in total. The Labute approximate surface area is 91.6 Å². The van der Waals surface area contributed by atoms with E-state index < -0.39 is 5.97 Å². The van der Waals surface area contributed by atoms with Crippen LogP contribution in [0.1, 0.15) is 23.9 Å². The van der Waals surface area contributed by atoms with Gasteiger partial charge in [-0.3, -0.25) is 0 Å². The number of rotatable bonds is 3. The Morgan fingerprint density at radius 3 is 2.93 bits per heavy atom. The molecule has 1 saturated heterocycles. The third kappa shape index (κ3) is 2.35. The highest BCUT2D eigenvalue weighted by Crippen LogP contribution is 2.33. The predicted molar refractivity (Wildman–Crippen MR) is 55.3 cm³/mol. The molecule has 0 saturated carbocycles. The van der Waals surface area contributed by atoms with Gasteiger partial charge in [0.05, 0.1) is 6.10 Å². The molecular weight excluding hydrogens is 216 g/mol. The maximum atomic E-state index is 10.6. The summed E-state index contributed by atoms with van der Waals surface area (Å²) in [5.41, 5.74) is 0. The van der Waals surface area contributed by atoms with E-state index in [1.165, 1.54) is 6.07 Å². The molecule has 15 heavy (non-hydrogen) atoms. The van der Waals surface area contributed by atoms with E-state index in [0.29, 0.717) is 10.3 Å². The van der Waals surface area contributed by atoms with E-state index in [0.717, 1.165) is 13.0 Å². The summed E-state index contributed by atoms with van der Waals surface area (Å²) in [6.07, 6.45) is 1.18. The molecular formula is C10H12O4S. The lowest BCUT2D eigenvalue weighted by Gasteiger charge is -2.10. The second-order valence-electron chi connectivity index (χ2n) is 3.44. The number of hydrogen-bond donors (Lipinski definition) is 1. The highest BCUT2D eigenvalue weighted by Gasteiger charge is 2.26. The van der Waals surface area contributed by atoms with Crippen molar-refractivity contribution in [3.63, 3.8) is 0 Å². The summed E-state index contributed by atoms with van der Waals surface area (Å²) in [4.78, 5) is 10.6. The lowest BCUT2D eigenvalue weighted by molar-refractivity contribution is 0.0656. The Morgan fingerprint density at radius 2 is 2.40 bits per heavy atom. The molecule has 1 aliphatic heterocycles. The summed E-state index contributed by atoms with van der Waals surface area (Å²) in [5.74, 6) is -1.04. The summed E-state index contributed by atoms with van der Waals surface area (Å²) >= 11 is 1.54. The van der Waals surface area contributed by atoms with Gasteiger partial charge in [-0.2, -0.15) is 0 Å². The first-order chi connectivity index (χ1) is 7.16. The van der Waals surface area contributed by atoms with E-state index in [1.807, 2.05) is 6.92 Å². The van der Waals surface area contributed by atoms with Gasteiger partial charge in [0.1, 0.15) is 0 Å². The van der Waals surface area contributed by atoms with Crippen LogP contribution in [0.2, 0.25) is 0 Å². The molecule has 82 valence electrons. The quantitative estimate of drug-likeness (QED) is 0.859. The molecule has 0 amide bonds. The number of ether oxygens (including phenoxy) is 1. The average Bonchev–Trinajstić information content (AvgIpc) is 2.77. The van der Waals surface area contributed by atoms with Gasteiger partial charge in [-0.05, 0) is 25.5 Å². The Morgan fingerprint density at radius 1 is 1.60 bits per heavy atom. The Balaban J connectivity index is 2.01. The van der Waals surface area contributed by atoms with Crippen molar-refractivity contribution in [1.29, 1.82) is 0 Å². The van der Waals surface area contributed by atoms with E-state index >= 15 is 0 Å². The molecule has 1 aromatic heterocycles. The second kappa shape index (κ2) is 4.28. The monoisotopic (exact) mass is 228 g/mol. The number of aromatic carboxylic acids is 1. The molecule has 0 aliphatic carbocycles. The molecule has 1 aromatic rings. The van der Waals surface area contributed by atoms with E-state index in [-0.39, 0.29) is 11.9 Å². The van der Waals surface area contributed by atoms with Crippen molar-refractivity contribution in [3.05, 3.63) is 17.9 Å². The van der Waals surface area contributed by atoms with Crippen molar-refractivity contribution in [1.82, 2.24) is 0 Å². The van der Waals surface area contributed by atoms with E-state index in [9.17, 15) is 4.79 Å². The zero-order valence-corrected chi connectivity index (χ0v) is 9.12. The van der Waals surface area contributed by atoms with Gasteiger partial charge in [0.2, 0.25) is 5.76 Å². The molecule has 2 rings (SSSR count). The average molecular weight is 228 g/mol. The number of carbonyl (C=O) groups is 1. The lowest BCUT2D eigenvalue weighted by Crippen LogP contribution is -2.12. The smallest absolute Gasteiger partial charge is 0.371 e. The number of carboxylic acid groups (broad SMARTS) is 1. The predicted octanol–water partition coefficient (Wildman–Crippen LogP) is 2.25. The van der Waals surface area contributed by atoms with E-state index in [4.69, 9.17) is 14.3 Å². The zero-order valence-electron chi connectivity index (χ0n) is 8.30. The molecule has 2 heterocycles. The van der Waals surface area contributed by atoms with Gasteiger partial charge in [-0.15, -0.1) is 0 Å². The summed E-state index contributed by atoms with van der Waals surface area (Å²) < 4.78 is 10.6. The molecule has 0 spiro atoms. The van der Waals surface area contributed by atoms with Crippen LogP contribution in [0, 0.1) is 0 Å². The third-order valence-corrected chi connectivity index (χ3v) is 3.74. The van der Waals surface area contributed by atoms with Gasteiger partial charge >= 0.3 is 5.97 Å². The molecule has 0 aromatic carbocycles. The molecule has 5 heteroatoms. The summed E-state index contributed by atoms with van der Waals surface area (Å²) in [5, 5.41) is 9.69. The maximum Gasteiger partial charge on any atom is 0.371 e. The topological polar surface area (TPSA) is 59.7 Å². The number of furan rings is 1. The second-order valence-corrected chi connectivity index (χ2v) is 4.69. The molecule has 1 fully saturated rings. The van der Waals surface area contributed by atoms with Crippen molar-refractivity contribution in [2.75, 3.05) is 6.61 Å². The van der Waals surface area contributed by atoms with Gasteiger partial charge in [-0.25, -0.2) is 4.79 Å². The van der Waals surface area contributed by atoms with Crippen molar-refractivity contribution in [2.45, 2.75) is 29.8 Å². The van der Waals surface area contributed by atoms with Gasteiger partial charge < -0.3 is 14.3 Å². The van der Waals surface area contributed by atoms with Crippen LogP contribution in [0.5, 0.6) is 0 Å². The van der Waals surface area contributed by atoms with Crippen molar-refractivity contribution >= 4 is 17.7 Å². The number of thioether (sulfide) groups is 1. The highest BCUT2D eigenvalue weighted by atomic mass is 32.2. The van der Waals surface area contributed by atoms with Gasteiger partial charge in [0, 0.05) is 11.9 Å². The number of hydrogen-bond acceptors (Lipinski definition) is 4. The SMILES string of the molecule is CC1OCCC1Sc1ccc(C(=O)O)o1. The summed E-state index contributed by atoms with van der Waals surface area (Å²) in [6.45, 7) is 2.79. The van der Waals surface area contributed by atoms with Gasteiger partial charge in [0.15, 0.2) is 5.09 Å². The lowest BCUT2D eigenvalue weighted by atomic mass is 10.3. The van der Waals surface area contributed by atoms with Crippen LogP contribution in [0.3, 0.4) is 0 Å². The largest absolute Gasteiger partial charge is 0.475 e. The fourth-order valence-corrected chi connectivity index (χ4v) is 2.58. The fourth-order valence-electron chi connectivity index (χ4n) is 1.51. The highest BCUT2D eigenvalue weighted by molar-refractivity contribution is 7.99. The number of carboxylic acids is 1. The van der Waals surface area contributed by atoms with E-state index in [2.05, 4.69) is 0 Å². The molecule has 0 bridgehead atoms. The van der Waals surface area contributed by atoms with Crippen LogP contribution in [-0.4, -0.2) is 29.0 Å². The third-order valence-electron chi connectivity index (χ3n) is 2.37. The fraction of sp³-hybridized carbons (Fsp3) is 0.500. The minimum absolute atomic E-state index is 0.0101. The zero-order chi connectivity index (χ0) is 10.8. The van der Waals surface area contributed by atoms with Crippen molar-refractivity contribution in [3.8, 4) is 0 Å².